The summed E-state index contributed by atoms with van der Waals surface area (Å²) in [5, 5.41) is 10.7. The molecule has 0 fully saturated rings. The van der Waals surface area contributed by atoms with Gasteiger partial charge in [0.1, 0.15) is 0 Å². The number of hydrogen-bond acceptors (Lipinski definition) is 2. The van der Waals surface area contributed by atoms with Gasteiger partial charge in [-0.1, -0.05) is 37.1 Å². The van der Waals surface area contributed by atoms with Gasteiger partial charge >= 0.3 is 0 Å². The van der Waals surface area contributed by atoms with E-state index in [1.54, 1.807) is 0 Å². The van der Waals surface area contributed by atoms with E-state index >= 15 is 0 Å². The topological polar surface area (TPSA) is 23.5 Å². The quantitative estimate of drug-likeness (QED) is 0.806. The van der Waals surface area contributed by atoms with Gasteiger partial charge in [-0.25, -0.2) is 0 Å². The molecule has 0 aliphatic carbocycles. The summed E-state index contributed by atoms with van der Waals surface area (Å²) in [6.07, 6.45) is 2.80. The maximum absolute atomic E-state index is 10.0. The molecule has 0 aliphatic heterocycles. The highest BCUT2D eigenvalue weighted by Gasteiger charge is 2.08. The number of aliphatic hydroxyl groups excluding tert-OH is 1. The van der Waals surface area contributed by atoms with Crippen molar-refractivity contribution in [1.29, 1.82) is 0 Å². The highest BCUT2D eigenvalue weighted by Crippen LogP contribution is 2.19. The summed E-state index contributed by atoms with van der Waals surface area (Å²) in [7, 11) is 2.10. The van der Waals surface area contributed by atoms with E-state index in [0.717, 1.165) is 25.1 Å². The van der Waals surface area contributed by atoms with Gasteiger partial charge in [-0.05, 0) is 44.1 Å². The zero-order valence-electron chi connectivity index (χ0n) is 10.7. The van der Waals surface area contributed by atoms with Crippen molar-refractivity contribution in [2.75, 3.05) is 20.1 Å². The van der Waals surface area contributed by atoms with Crippen LogP contribution in [-0.4, -0.2) is 30.1 Å². The van der Waals surface area contributed by atoms with Gasteiger partial charge in [0, 0.05) is 11.6 Å². The van der Waals surface area contributed by atoms with E-state index in [-0.39, 0.29) is 0 Å². The van der Waals surface area contributed by atoms with Gasteiger partial charge in [-0.15, -0.1) is 0 Å². The fraction of sp³-hybridized carbons (Fsp3) is 0.571. The van der Waals surface area contributed by atoms with Crippen LogP contribution in [0.25, 0.3) is 0 Å². The fourth-order valence-electron chi connectivity index (χ4n) is 1.73. The Morgan fingerprint density at radius 2 is 1.88 bits per heavy atom. The molecular formula is C14H22ClNO. The molecule has 0 aromatic heterocycles. The second-order valence-corrected chi connectivity index (χ2v) is 4.95. The summed E-state index contributed by atoms with van der Waals surface area (Å²) < 4.78 is 0. The molecule has 3 heteroatoms. The number of aliphatic hydroxyl groups is 1. The van der Waals surface area contributed by atoms with E-state index in [0.29, 0.717) is 5.02 Å². The summed E-state index contributed by atoms with van der Waals surface area (Å²) in [5.74, 6) is 0. The predicted molar refractivity (Wildman–Crippen MR) is 73.4 cm³/mol. The normalized spacial score (nSPS) is 13.0. The molecule has 0 saturated carbocycles. The van der Waals surface area contributed by atoms with Crippen LogP contribution in [0.2, 0.25) is 5.02 Å². The van der Waals surface area contributed by atoms with E-state index in [1.807, 2.05) is 24.3 Å². The first-order valence-corrected chi connectivity index (χ1v) is 6.63. The van der Waals surface area contributed by atoms with E-state index < -0.39 is 6.10 Å². The van der Waals surface area contributed by atoms with Gasteiger partial charge in [-0.2, -0.15) is 0 Å². The van der Waals surface area contributed by atoms with Gasteiger partial charge in [0.15, 0.2) is 0 Å². The molecule has 0 heterocycles. The van der Waals surface area contributed by atoms with Crippen molar-refractivity contribution < 1.29 is 5.11 Å². The Labute approximate surface area is 109 Å². The Hall–Kier alpha value is -0.570. The number of hydrogen-bond donors (Lipinski definition) is 1. The summed E-state index contributed by atoms with van der Waals surface area (Å²) in [4.78, 5) is 2.27. The van der Waals surface area contributed by atoms with Crippen molar-refractivity contribution in [3.05, 3.63) is 34.9 Å². The van der Waals surface area contributed by atoms with Crippen molar-refractivity contribution in [3.63, 3.8) is 0 Å². The van der Waals surface area contributed by atoms with Crippen molar-refractivity contribution in [1.82, 2.24) is 4.90 Å². The molecule has 17 heavy (non-hydrogen) atoms. The van der Waals surface area contributed by atoms with Crippen LogP contribution in [-0.2, 0) is 0 Å². The number of rotatable bonds is 7. The lowest BCUT2D eigenvalue weighted by Crippen LogP contribution is -2.22. The third kappa shape index (κ3) is 5.53. The molecule has 0 amide bonds. The Kier molecular flexibility index (Phi) is 6.56. The van der Waals surface area contributed by atoms with Crippen LogP contribution < -0.4 is 0 Å². The number of halogens is 1. The Morgan fingerprint density at radius 1 is 1.24 bits per heavy atom. The van der Waals surface area contributed by atoms with Crippen molar-refractivity contribution in [2.45, 2.75) is 32.3 Å². The van der Waals surface area contributed by atoms with Gasteiger partial charge < -0.3 is 10.0 Å². The molecule has 1 atom stereocenters. The summed E-state index contributed by atoms with van der Waals surface area (Å²) in [5.41, 5.74) is 0.943. The number of unbranched alkanes of at least 4 members (excludes halogenated alkanes) is 1. The van der Waals surface area contributed by atoms with Crippen LogP contribution in [0.5, 0.6) is 0 Å². The molecule has 0 spiro atoms. The minimum absolute atomic E-state index is 0.392. The lowest BCUT2D eigenvalue weighted by Gasteiger charge is -2.18. The Bertz CT molecular complexity index is 313. The van der Waals surface area contributed by atoms with Crippen LogP contribution >= 0.6 is 11.6 Å². The third-order valence-corrected chi connectivity index (χ3v) is 3.18. The van der Waals surface area contributed by atoms with E-state index in [4.69, 9.17) is 11.6 Å². The van der Waals surface area contributed by atoms with Crippen molar-refractivity contribution >= 4 is 11.6 Å². The van der Waals surface area contributed by atoms with Crippen LogP contribution in [0.15, 0.2) is 24.3 Å². The molecule has 1 rings (SSSR count). The molecule has 1 aromatic carbocycles. The lowest BCUT2D eigenvalue weighted by atomic mass is 10.1. The summed E-state index contributed by atoms with van der Waals surface area (Å²) in [6.45, 7) is 4.21. The highest BCUT2D eigenvalue weighted by atomic mass is 35.5. The molecule has 1 unspecified atom stereocenters. The van der Waals surface area contributed by atoms with Gasteiger partial charge in [0.25, 0.3) is 0 Å². The molecule has 0 radical (unpaired) electrons. The highest BCUT2D eigenvalue weighted by molar-refractivity contribution is 6.30. The number of benzene rings is 1. The van der Waals surface area contributed by atoms with Gasteiger partial charge in [-0.3, -0.25) is 0 Å². The molecule has 1 N–H and O–H groups in total. The van der Waals surface area contributed by atoms with E-state index in [9.17, 15) is 5.11 Å². The predicted octanol–water partition coefficient (Wildman–Crippen LogP) is 3.50. The smallest absolute Gasteiger partial charge is 0.0802 e. The van der Waals surface area contributed by atoms with Crippen LogP contribution in [0.4, 0.5) is 0 Å². The Balaban J connectivity index is 2.34. The first-order valence-electron chi connectivity index (χ1n) is 6.25. The maximum Gasteiger partial charge on any atom is 0.0802 e. The SMILES string of the molecule is CCCCN(C)CCC(O)c1ccc(Cl)cc1. The fourth-order valence-corrected chi connectivity index (χ4v) is 1.86. The average molecular weight is 256 g/mol. The maximum atomic E-state index is 10.0. The molecular weight excluding hydrogens is 234 g/mol. The zero-order chi connectivity index (χ0) is 12.7. The summed E-state index contributed by atoms with van der Waals surface area (Å²) in [6, 6.07) is 7.42. The van der Waals surface area contributed by atoms with E-state index in [2.05, 4.69) is 18.9 Å². The molecule has 0 aliphatic rings. The largest absolute Gasteiger partial charge is 0.388 e. The van der Waals surface area contributed by atoms with Crippen LogP contribution in [0.3, 0.4) is 0 Å². The third-order valence-electron chi connectivity index (χ3n) is 2.93. The summed E-state index contributed by atoms with van der Waals surface area (Å²) >= 11 is 5.81. The molecule has 0 saturated heterocycles. The monoisotopic (exact) mass is 255 g/mol. The average Bonchev–Trinajstić information content (AvgIpc) is 2.34. The Morgan fingerprint density at radius 3 is 2.47 bits per heavy atom. The second-order valence-electron chi connectivity index (χ2n) is 4.51. The van der Waals surface area contributed by atoms with Crippen LogP contribution in [0.1, 0.15) is 37.9 Å². The van der Waals surface area contributed by atoms with Gasteiger partial charge in [0.05, 0.1) is 6.10 Å². The standard InChI is InChI=1S/C14H22ClNO/c1-3-4-10-16(2)11-9-14(17)12-5-7-13(15)8-6-12/h5-8,14,17H,3-4,9-11H2,1-2H3. The molecule has 2 nitrogen and oxygen atoms in total. The van der Waals surface area contributed by atoms with Crippen molar-refractivity contribution in [2.24, 2.45) is 0 Å². The first kappa shape index (κ1) is 14.5. The first-order chi connectivity index (χ1) is 8.13. The lowest BCUT2D eigenvalue weighted by molar-refractivity contribution is 0.149. The zero-order valence-corrected chi connectivity index (χ0v) is 11.5. The molecule has 1 aromatic rings. The van der Waals surface area contributed by atoms with E-state index in [1.165, 1.54) is 12.8 Å². The van der Waals surface area contributed by atoms with Gasteiger partial charge in [0.2, 0.25) is 0 Å². The van der Waals surface area contributed by atoms with Crippen molar-refractivity contribution in [3.8, 4) is 0 Å². The second kappa shape index (κ2) is 7.70. The number of nitrogens with zero attached hydrogens (tertiary/aromatic N) is 1. The van der Waals surface area contributed by atoms with Crippen LogP contribution in [0, 0.1) is 0 Å². The molecule has 96 valence electrons. The molecule has 0 bridgehead atoms. The minimum atomic E-state index is -0.392. The minimum Gasteiger partial charge on any atom is -0.388 e.